The molecule has 2 heterocycles. The van der Waals surface area contributed by atoms with Crippen molar-refractivity contribution in [2.45, 2.75) is 26.8 Å². The number of carbonyl (C=O) groups is 2. The van der Waals surface area contributed by atoms with Crippen molar-refractivity contribution in [1.29, 1.82) is 0 Å². The van der Waals surface area contributed by atoms with Gasteiger partial charge in [0.1, 0.15) is 4.88 Å². The van der Waals surface area contributed by atoms with E-state index in [1.54, 1.807) is 0 Å². The summed E-state index contributed by atoms with van der Waals surface area (Å²) in [5, 5.41) is 3.88. The van der Waals surface area contributed by atoms with Gasteiger partial charge >= 0.3 is 5.97 Å². The minimum atomic E-state index is -0.473. The molecular weight excluding hydrogens is 388 g/mol. The van der Waals surface area contributed by atoms with E-state index < -0.39 is 5.97 Å². The maximum atomic E-state index is 12.6. The number of nitrogens with one attached hydrogen (secondary N) is 1. The van der Waals surface area contributed by atoms with Crippen molar-refractivity contribution in [3.05, 3.63) is 41.3 Å². The number of thiophene rings is 1. The molecule has 6 nitrogen and oxygen atoms in total. The monoisotopic (exact) mass is 416 g/mol. The van der Waals surface area contributed by atoms with Crippen LogP contribution < -0.4 is 10.2 Å². The Morgan fingerprint density at radius 2 is 1.86 bits per heavy atom. The average Bonchev–Trinajstić information content (AvgIpc) is 3.19. The van der Waals surface area contributed by atoms with E-state index >= 15 is 0 Å². The summed E-state index contributed by atoms with van der Waals surface area (Å²) in [7, 11) is 0. The summed E-state index contributed by atoms with van der Waals surface area (Å²) in [5.41, 5.74) is 2.05. The van der Waals surface area contributed by atoms with Crippen LogP contribution in [0.25, 0.3) is 11.1 Å². The van der Waals surface area contributed by atoms with Crippen LogP contribution in [0, 0.1) is 5.92 Å². The summed E-state index contributed by atoms with van der Waals surface area (Å²) < 4.78 is 10.7. The maximum absolute atomic E-state index is 12.6. The van der Waals surface area contributed by atoms with Crippen LogP contribution in [0.15, 0.2) is 36.4 Å². The Morgan fingerprint density at radius 1 is 1.17 bits per heavy atom. The Kier molecular flexibility index (Phi) is 7.28. The molecule has 1 unspecified atom stereocenters. The van der Waals surface area contributed by atoms with Crippen molar-refractivity contribution in [3.8, 4) is 11.1 Å². The van der Waals surface area contributed by atoms with Crippen LogP contribution in [0.3, 0.4) is 0 Å². The number of nitrogens with zero attached hydrogens (tertiary/aromatic N) is 1. The standard InChI is InChI=1S/C22H28N2O4S/c1-15(2)16(3)23-20(25)14-28-22(26)19-13-18(17-7-5-4-6-8-17)21(29-19)24-9-11-27-12-10-24/h4-8,13,15-16H,9-12,14H2,1-3H3,(H,23,25). The van der Waals surface area contributed by atoms with E-state index in [1.165, 1.54) is 11.3 Å². The van der Waals surface area contributed by atoms with Crippen LogP contribution in [-0.4, -0.2) is 50.8 Å². The lowest BCUT2D eigenvalue weighted by Gasteiger charge is -2.28. The molecule has 0 radical (unpaired) electrons. The molecule has 29 heavy (non-hydrogen) atoms. The van der Waals surface area contributed by atoms with E-state index in [1.807, 2.05) is 57.2 Å². The number of amides is 1. The number of anilines is 1. The van der Waals surface area contributed by atoms with Crippen molar-refractivity contribution in [3.63, 3.8) is 0 Å². The highest BCUT2D eigenvalue weighted by molar-refractivity contribution is 7.18. The van der Waals surface area contributed by atoms with Gasteiger partial charge in [0.05, 0.1) is 18.2 Å². The maximum Gasteiger partial charge on any atom is 0.348 e. The summed E-state index contributed by atoms with van der Waals surface area (Å²) in [4.78, 5) is 27.4. The van der Waals surface area contributed by atoms with Gasteiger partial charge in [0, 0.05) is 24.7 Å². The van der Waals surface area contributed by atoms with Gasteiger partial charge in [-0.25, -0.2) is 4.79 Å². The van der Waals surface area contributed by atoms with Gasteiger partial charge in [0.15, 0.2) is 6.61 Å². The molecule has 1 atom stereocenters. The zero-order valence-corrected chi connectivity index (χ0v) is 18.0. The van der Waals surface area contributed by atoms with Crippen molar-refractivity contribution < 1.29 is 19.1 Å². The molecule has 1 saturated heterocycles. The van der Waals surface area contributed by atoms with Crippen LogP contribution in [-0.2, 0) is 14.3 Å². The molecule has 1 amide bonds. The molecule has 0 bridgehead atoms. The van der Waals surface area contributed by atoms with Gasteiger partial charge in [-0.3, -0.25) is 4.79 Å². The quantitative estimate of drug-likeness (QED) is 0.699. The lowest BCUT2D eigenvalue weighted by molar-refractivity contribution is -0.125. The van der Waals surface area contributed by atoms with Gasteiger partial charge in [0.2, 0.25) is 0 Å². The van der Waals surface area contributed by atoms with Crippen molar-refractivity contribution >= 4 is 28.2 Å². The Morgan fingerprint density at radius 3 is 2.52 bits per heavy atom. The fraction of sp³-hybridized carbons (Fsp3) is 0.455. The normalized spacial score (nSPS) is 15.2. The Labute approximate surface area is 175 Å². The first-order valence-corrected chi connectivity index (χ1v) is 10.8. The molecule has 1 aromatic heterocycles. The highest BCUT2D eigenvalue weighted by Gasteiger charge is 2.23. The number of ether oxygens (including phenoxy) is 2. The summed E-state index contributed by atoms with van der Waals surface area (Å²) in [6.07, 6.45) is 0. The molecule has 1 N–H and O–H groups in total. The van der Waals surface area contributed by atoms with Crippen LogP contribution >= 0.6 is 11.3 Å². The third kappa shape index (κ3) is 5.58. The fourth-order valence-electron chi connectivity index (χ4n) is 2.97. The van der Waals surface area contributed by atoms with E-state index in [4.69, 9.17) is 9.47 Å². The molecule has 1 fully saturated rings. The summed E-state index contributed by atoms with van der Waals surface area (Å²) in [6.45, 7) is 8.61. The molecule has 2 aromatic rings. The topological polar surface area (TPSA) is 67.9 Å². The number of morpholine rings is 1. The molecule has 156 valence electrons. The zero-order valence-electron chi connectivity index (χ0n) is 17.1. The number of carbonyl (C=O) groups excluding carboxylic acids is 2. The highest BCUT2D eigenvalue weighted by Crippen LogP contribution is 2.39. The molecule has 0 aliphatic carbocycles. The van der Waals surface area contributed by atoms with Crippen molar-refractivity contribution in [2.24, 2.45) is 5.92 Å². The van der Waals surface area contributed by atoms with Gasteiger partial charge in [-0.1, -0.05) is 44.2 Å². The van der Waals surface area contributed by atoms with Gasteiger partial charge in [0.25, 0.3) is 5.91 Å². The van der Waals surface area contributed by atoms with Crippen LogP contribution in [0.4, 0.5) is 5.00 Å². The predicted molar refractivity (Wildman–Crippen MR) is 116 cm³/mol. The molecule has 1 aliphatic heterocycles. The summed E-state index contributed by atoms with van der Waals surface area (Å²) >= 11 is 1.40. The minimum Gasteiger partial charge on any atom is -0.451 e. The summed E-state index contributed by atoms with van der Waals surface area (Å²) in [5.74, 6) is -0.441. The molecule has 1 aromatic carbocycles. The molecule has 0 saturated carbocycles. The first-order chi connectivity index (χ1) is 14.0. The first kappa shape index (κ1) is 21.3. The van der Waals surface area contributed by atoms with Gasteiger partial charge in [-0.15, -0.1) is 11.3 Å². The fourth-order valence-corrected chi connectivity index (χ4v) is 4.10. The van der Waals surface area contributed by atoms with E-state index in [0.29, 0.717) is 24.0 Å². The Hall–Kier alpha value is -2.38. The van der Waals surface area contributed by atoms with E-state index in [0.717, 1.165) is 29.2 Å². The second-order valence-corrected chi connectivity index (χ2v) is 8.50. The molecule has 3 rings (SSSR count). The minimum absolute atomic E-state index is 0.0283. The van der Waals surface area contributed by atoms with Crippen LogP contribution in [0.2, 0.25) is 0 Å². The number of esters is 1. The van der Waals surface area contributed by atoms with Gasteiger partial charge < -0.3 is 19.7 Å². The second-order valence-electron chi connectivity index (χ2n) is 7.47. The van der Waals surface area contributed by atoms with E-state index in [2.05, 4.69) is 10.2 Å². The highest BCUT2D eigenvalue weighted by atomic mass is 32.1. The predicted octanol–water partition coefficient (Wildman–Crippen LogP) is 3.57. The zero-order chi connectivity index (χ0) is 20.8. The van der Waals surface area contributed by atoms with E-state index in [9.17, 15) is 9.59 Å². The van der Waals surface area contributed by atoms with Crippen molar-refractivity contribution in [2.75, 3.05) is 37.8 Å². The lowest BCUT2D eigenvalue weighted by Crippen LogP contribution is -2.38. The van der Waals surface area contributed by atoms with Gasteiger partial charge in [-0.2, -0.15) is 0 Å². The summed E-state index contributed by atoms with van der Waals surface area (Å²) in [6, 6.07) is 11.9. The third-order valence-electron chi connectivity index (χ3n) is 5.02. The number of hydrogen-bond acceptors (Lipinski definition) is 6. The Bertz CT molecular complexity index is 829. The number of benzene rings is 1. The molecule has 0 spiro atoms. The molecule has 7 heteroatoms. The van der Waals surface area contributed by atoms with Crippen LogP contribution in [0.5, 0.6) is 0 Å². The largest absolute Gasteiger partial charge is 0.451 e. The third-order valence-corrected chi connectivity index (χ3v) is 6.20. The van der Waals surface area contributed by atoms with E-state index in [-0.39, 0.29) is 18.6 Å². The van der Waals surface area contributed by atoms with Crippen molar-refractivity contribution in [1.82, 2.24) is 5.32 Å². The second kappa shape index (κ2) is 9.89. The smallest absolute Gasteiger partial charge is 0.348 e. The molecular formula is C22H28N2O4S. The van der Waals surface area contributed by atoms with Gasteiger partial charge in [-0.05, 0) is 24.5 Å². The Balaban J connectivity index is 1.74. The number of rotatable bonds is 7. The number of hydrogen-bond donors (Lipinski definition) is 1. The van der Waals surface area contributed by atoms with Crippen LogP contribution in [0.1, 0.15) is 30.4 Å². The SMILES string of the molecule is CC(C)C(C)NC(=O)COC(=O)c1cc(-c2ccccc2)c(N2CCOCC2)s1. The lowest BCUT2D eigenvalue weighted by atomic mass is 10.1. The average molecular weight is 417 g/mol. The first-order valence-electron chi connectivity index (χ1n) is 9.94. The molecule has 1 aliphatic rings.